The number of halogens is 2. The number of hydrogen-bond donors (Lipinski definition) is 1. The van der Waals surface area contributed by atoms with E-state index in [0.29, 0.717) is 18.0 Å². The maximum atomic E-state index is 12.1. The molecule has 0 aliphatic heterocycles. The molecule has 0 aromatic heterocycles. The van der Waals surface area contributed by atoms with Crippen molar-refractivity contribution in [3.8, 4) is 0 Å². The van der Waals surface area contributed by atoms with Crippen LogP contribution in [0.4, 0.5) is 0 Å². The minimum Gasteiger partial charge on any atom is -0.352 e. The molecule has 0 radical (unpaired) electrons. The van der Waals surface area contributed by atoms with Gasteiger partial charge in [-0.1, -0.05) is 28.8 Å². The molecule has 1 aliphatic carbocycles. The maximum absolute atomic E-state index is 12.1. The van der Waals surface area contributed by atoms with Gasteiger partial charge in [-0.25, -0.2) is 0 Å². The van der Waals surface area contributed by atoms with Gasteiger partial charge in [0.1, 0.15) is 0 Å². The molecule has 2 atom stereocenters. The third-order valence-corrected chi connectivity index (χ3v) is 4.68. The van der Waals surface area contributed by atoms with Crippen LogP contribution >= 0.6 is 27.5 Å². The van der Waals surface area contributed by atoms with E-state index in [-0.39, 0.29) is 11.3 Å². The minimum atomic E-state index is -0.0150. The summed E-state index contributed by atoms with van der Waals surface area (Å²) >= 11 is 9.72. The second kappa shape index (κ2) is 6.76. The summed E-state index contributed by atoms with van der Waals surface area (Å²) in [6.45, 7) is 2.66. The van der Waals surface area contributed by atoms with E-state index in [1.165, 1.54) is 12.8 Å². The van der Waals surface area contributed by atoms with Gasteiger partial charge in [0.15, 0.2) is 0 Å². The number of hydrogen-bond acceptors (Lipinski definition) is 1. The lowest BCUT2D eigenvalue weighted by molar-refractivity contribution is 0.0944. The molecule has 1 aliphatic rings. The second-order valence-electron chi connectivity index (χ2n) is 5.29. The average Bonchev–Trinajstić information content (AvgIpc) is 2.36. The SMILES string of the molecule is Cc1cc(Br)cc(C(=O)NCC2CCCCC2Cl)c1. The lowest BCUT2D eigenvalue weighted by atomic mass is 9.88. The number of amides is 1. The van der Waals surface area contributed by atoms with Gasteiger partial charge in [-0.2, -0.15) is 0 Å². The Kier molecular flexibility index (Phi) is 5.28. The summed E-state index contributed by atoms with van der Waals surface area (Å²) in [4.78, 5) is 12.1. The number of alkyl halides is 1. The Hall–Kier alpha value is -0.540. The highest BCUT2D eigenvalue weighted by molar-refractivity contribution is 9.10. The van der Waals surface area contributed by atoms with Crippen molar-refractivity contribution in [2.24, 2.45) is 5.92 Å². The van der Waals surface area contributed by atoms with Crippen LogP contribution < -0.4 is 5.32 Å². The summed E-state index contributed by atoms with van der Waals surface area (Å²) in [5, 5.41) is 3.22. The lowest BCUT2D eigenvalue weighted by Crippen LogP contribution is -2.34. The molecule has 104 valence electrons. The first-order valence-corrected chi connectivity index (χ1v) is 7.98. The Bertz CT molecular complexity index is 443. The topological polar surface area (TPSA) is 29.1 Å². The van der Waals surface area contributed by atoms with Crippen LogP contribution in [0.2, 0.25) is 0 Å². The number of aryl methyl sites for hydroxylation is 1. The molecular weight excluding hydrogens is 326 g/mol. The summed E-state index contributed by atoms with van der Waals surface area (Å²) in [6.07, 6.45) is 4.62. The smallest absolute Gasteiger partial charge is 0.251 e. The Morgan fingerprint density at radius 3 is 2.79 bits per heavy atom. The van der Waals surface area contributed by atoms with Crippen LogP contribution in [0, 0.1) is 12.8 Å². The van der Waals surface area contributed by atoms with Gasteiger partial charge in [0.25, 0.3) is 5.91 Å². The molecule has 1 N–H and O–H groups in total. The zero-order valence-electron chi connectivity index (χ0n) is 11.1. The molecule has 0 spiro atoms. The summed E-state index contributed by atoms with van der Waals surface area (Å²) in [5.74, 6) is 0.395. The van der Waals surface area contributed by atoms with E-state index in [2.05, 4.69) is 21.2 Å². The van der Waals surface area contributed by atoms with Gasteiger partial charge >= 0.3 is 0 Å². The zero-order chi connectivity index (χ0) is 13.8. The molecule has 1 amide bonds. The molecular formula is C15H19BrClNO. The fraction of sp³-hybridized carbons (Fsp3) is 0.533. The predicted molar refractivity (Wildman–Crippen MR) is 82.8 cm³/mol. The van der Waals surface area contributed by atoms with E-state index < -0.39 is 0 Å². The average molecular weight is 345 g/mol. The van der Waals surface area contributed by atoms with E-state index >= 15 is 0 Å². The molecule has 19 heavy (non-hydrogen) atoms. The third-order valence-electron chi connectivity index (χ3n) is 3.65. The maximum Gasteiger partial charge on any atom is 0.251 e. The first-order valence-electron chi connectivity index (χ1n) is 6.76. The Morgan fingerprint density at radius 1 is 1.37 bits per heavy atom. The zero-order valence-corrected chi connectivity index (χ0v) is 13.4. The molecule has 2 nitrogen and oxygen atoms in total. The monoisotopic (exact) mass is 343 g/mol. The van der Waals surface area contributed by atoms with Gasteiger partial charge in [0, 0.05) is 22.0 Å². The highest BCUT2D eigenvalue weighted by Crippen LogP contribution is 2.28. The van der Waals surface area contributed by atoms with Gasteiger partial charge in [0.2, 0.25) is 0 Å². The third kappa shape index (κ3) is 4.22. The van der Waals surface area contributed by atoms with Crippen molar-refractivity contribution in [1.82, 2.24) is 5.32 Å². The summed E-state index contributed by atoms with van der Waals surface area (Å²) < 4.78 is 0.936. The van der Waals surface area contributed by atoms with Gasteiger partial charge in [-0.05, 0) is 49.4 Å². The van der Waals surface area contributed by atoms with Crippen molar-refractivity contribution in [2.75, 3.05) is 6.54 Å². The highest BCUT2D eigenvalue weighted by atomic mass is 79.9. The quantitative estimate of drug-likeness (QED) is 0.815. The summed E-state index contributed by atoms with van der Waals surface area (Å²) in [5.41, 5.74) is 1.78. The van der Waals surface area contributed by atoms with Gasteiger partial charge in [0.05, 0.1) is 0 Å². The number of carbonyl (C=O) groups is 1. The van der Waals surface area contributed by atoms with Crippen molar-refractivity contribution in [2.45, 2.75) is 38.0 Å². The second-order valence-corrected chi connectivity index (χ2v) is 6.76. The van der Waals surface area contributed by atoms with Gasteiger partial charge in [-0.15, -0.1) is 11.6 Å². The van der Waals surface area contributed by atoms with E-state index in [0.717, 1.165) is 22.9 Å². The fourth-order valence-electron chi connectivity index (χ4n) is 2.59. The van der Waals surface area contributed by atoms with Gasteiger partial charge < -0.3 is 5.32 Å². The van der Waals surface area contributed by atoms with Crippen LogP contribution in [-0.4, -0.2) is 17.8 Å². The Balaban J connectivity index is 1.93. The Labute approximate surface area is 128 Å². The molecule has 0 heterocycles. The van der Waals surface area contributed by atoms with E-state index in [1.54, 1.807) is 0 Å². The minimum absolute atomic E-state index is 0.0150. The summed E-state index contributed by atoms with van der Waals surface area (Å²) in [6, 6.07) is 5.74. The first-order chi connectivity index (χ1) is 9.06. The molecule has 0 bridgehead atoms. The van der Waals surface area contributed by atoms with Crippen molar-refractivity contribution in [3.05, 3.63) is 33.8 Å². The normalized spacial score (nSPS) is 23.1. The fourth-order valence-corrected chi connectivity index (χ4v) is 3.56. The van der Waals surface area contributed by atoms with E-state index in [1.807, 2.05) is 25.1 Å². The number of benzene rings is 1. The van der Waals surface area contributed by atoms with E-state index in [9.17, 15) is 4.79 Å². The van der Waals surface area contributed by atoms with Crippen LogP contribution in [-0.2, 0) is 0 Å². The highest BCUT2D eigenvalue weighted by Gasteiger charge is 2.23. The molecule has 1 aromatic rings. The molecule has 2 rings (SSSR count). The first kappa shape index (κ1) is 14.9. The molecule has 4 heteroatoms. The Morgan fingerprint density at radius 2 is 2.11 bits per heavy atom. The van der Waals surface area contributed by atoms with Crippen molar-refractivity contribution >= 4 is 33.4 Å². The van der Waals surface area contributed by atoms with Crippen molar-refractivity contribution in [3.63, 3.8) is 0 Å². The van der Waals surface area contributed by atoms with Crippen LogP contribution in [0.5, 0.6) is 0 Å². The molecule has 0 saturated heterocycles. The van der Waals surface area contributed by atoms with Gasteiger partial charge in [-0.3, -0.25) is 4.79 Å². The predicted octanol–water partition coefficient (Wildman–Crippen LogP) is 4.28. The van der Waals surface area contributed by atoms with Crippen LogP contribution in [0.3, 0.4) is 0 Å². The van der Waals surface area contributed by atoms with Crippen LogP contribution in [0.25, 0.3) is 0 Å². The van der Waals surface area contributed by atoms with Crippen LogP contribution in [0.15, 0.2) is 22.7 Å². The van der Waals surface area contributed by atoms with E-state index in [4.69, 9.17) is 11.6 Å². The standard InChI is InChI=1S/C15H19BrClNO/c1-10-6-12(8-13(16)7-10)15(19)18-9-11-4-2-3-5-14(11)17/h6-8,11,14H,2-5,9H2,1H3,(H,18,19). The molecule has 1 fully saturated rings. The van der Waals surface area contributed by atoms with Crippen molar-refractivity contribution in [1.29, 1.82) is 0 Å². The molecule has 1 saturated carbocycles. The number of nitrogens with one attached hydrogen (secondary N) is 1. The van der Waals surface area contributed by atoms with Crippen LogP contribution in [0.1, 0.15) is 41.6 Å². The summed E-state index contributed by atoms with van der Waals surface area (Å²) in [7, 11) is 0. The van der Waals surface area contributed by atoms with Crippen molar-refractivity contribution < 1.29 is 4.79 Å². The number of rotatable bonds is 3. The number of carbonyl (C=O) groups excluding carboxylic acids is 1. The lowest BCUT2D eigenvalue weighted by Gasteiger charge is -2.27. The largest absolute Gasteiger partial charge is 0.352 e. The molecule has 1 aromatic carbocycles. The molecule has 2 unspecified atom stereocenters.